The van der Waals surface area contributed by atoms with Crippen LogP contribution >= 0.6 is 0 Å². The summed E-state index contributed by atoms with van der Waals surface area (Å²) >= 11 is 0. The molecule has 0 aromatic carbocycles. The van der Waals surface area contributed by atoms with Gasteiger partial charge in [0, 0.05) is 19.5 Å². The Morgan fingerprint density at radius 2 is 1.20 bits per heavy atom. The summed E-state index contributed by atoms with van der Waals surface area (Å²) < 4.78 is 0. The maximum atomic E-state index is 9.20. The van der Waals surface area contributed by atoms with Crippen LogP contribution in [-0.4, -0.2) is 68.0 Å². The molecule has 0 aliphatic carbocycles. The van der Waals surface area contributed by atoms with Gasteiger partial charge in [-0.3, -0.25) is 9.97 Å². The molecule has 7 nitrogen and oxygen atoms in total. The molecule has 2 unspecified atom stereocenters. The van der Waals surface area contributed by atoms with Gasteiger partial charge in [-0.2, -0.15) is 0 Å². The van der Waals surface area contributed by atoms with Crippen LogP contribution in [0.3, 0.4) is 0 Å². The van der Waals surface area contributed by atoms with Crippen LogP contribution in [0.15, 0.2) is 12.4 Å². The number of aliphatic hydroxyl groups is 5. The third kappa shape index (κ3) is 8.13. The van der Waals surface area contributed by atoms with Crippen molar-refractivity contribution < 1.29 is 25.5 Å². The van der Waals surface area contributed by atoms with Crippen LogP contribution in [-0.2, 0) is 12.8 Å². The molecule has 5 N–H and O–H groups in total. The molecule has 0 fully saturated rings. The van der Waals surface area contributed by atoms with Gasteiger partial charge in [0.25, 0.3) is 0 Å². The largest absolute Gasteiger partial charge is 0.400 e. The van der Waals surface area contributed by atoms with Gasteiger partial charge in [0.15, 0.2) is 0 Å². The Bertz CT molecular complexity index is 301. The second kappa shape index (κ2) is 11.7. The van der Waals surface area contributed by atoms with Gasteiger partial charge in [0.05, 0.1) is 36.8 Å². The van der Waals surface area contributed by atoms with E-state index >= 15 is 0 Å². The lowest BCUT2D eigenvalue weighted by molar-refractivity contribution is 0.0880. The van der Waals surface area contributed by atoms with E-state index in [4.69, 9.17) is 15.3 Å². The summed E-state index contributed by atoms with van der Waals surface area (Å²) in [5, 5.41) is 42.7. The highest BCUT2D eigenvalue weighted by atomic mass is 16.3. The topological polar surface area (TPSA) is 127 Å². The minimum Gasteiger partial charge on any atom is -0.400 e. The lowest BCUT2D eigenvalue weighted by Gasteiger charge is -2.07. The Hall–Kier alpha value is -1.12. The van der Waals surface area contributed by atoms with Crippen molar-refractivity contribution >= 4 is 0 Å². The fourth-order valence-corrected chi connectivity index (χ4v) is 1.45. The first kappa shape index (κ1) is 18.9. The zero-order chi connectivity index (χ0) is 15.4. The summed E-state index contributed by atoms with van der Waals surface area (Å²) in [6.45, 7) is -0.491. The first-order chi connectivity index (χ1) is 9.65. The highest BCUT2D eigenvalue weighted by molar-refractivity contribution is 5.03. The van der Waals surface area contributed by atoms with E-state index in [1.54, 1.807) is 12.4 Å². The van der Waals surface area contributed by atoms with Crippen LogP contribution in [0.25, 0.3) is 0 Å². The van der Waals surface area contributed by atoms with Crippen molar-refractivity contribution in [3.05, 3.63) is 23.8 Å². The van der Waals surface area contributed by atoms with E-state index in [0.29, 0.717) is 25.7 Å². The molecule has 7 heteroatoms. The van der Waals surface area contributed by atoms with Crippen LogP contribution in [0.1, 0.15) is 24.2 Å². The van der Waals surface area contributed by atoms with Crippen molar-refractivity contribution in [2.45, 2.75) is 37.9 Å². The molecule has 0 bridgehead atoms. The minimum absolute atomic E-state index is 0.245. The molecule has 1 heterocycles. The fraction of sp³-hybridized carbons (Fsp3) is 0.692. The quantitative estimate of drug-likeness (QED) is 0.400. The second-order valence-electron chi connectivity index (χ2n) is 4.25. The molecule has 1 aromatic rings. The van der Waals surface area contributed by atoms with E-state index in [9.17, 15) is 10.2 Å². The first-order valence-electron chi connectivity index (χ1n) is 6.48. The Morgan fingerprint density at radius 1 is 0.850 bits per heavy atom. The van der Waals surface area contributed by atoms with Crippen molar-refractivity contribution in [3.8, 4) is 0 Å². The monoisotopic (exact) mass is 288 g/mol. The highest BCUT2D eigenvalue weighted by Crippen LogP contribution is 2.05. The zero-order valence-corrected chi connectivity index (χ0v) is 11.7. The van der Waals surface area contributed by atoms with E-state index in [1.807, 2.05) is 0 Å². The Morgan fingerprint density at radius 3 is 1.45 bits per heavy atom. The van der Waals surface area contributed by atoms with Gasteiger partial charge in [-0.15, -0.1) is 0 Å². The van der Waals surface area contributed by atoms with Gasteiger partial charge in [-0.1, -0.05) is 0 Å². The summed E-state index contributed by atoms with van der Waals surface area (Å²) in [7, 11) is 1.00. The SMILES string of the molecule is CO.OCC(O)CCc1cnc(CCC(O)CO)cn1. The number of hydrogen-bond donors (Lipinski definition) is 5. The van der Waals surface area contributed by atoms with Crippen LogP contribution in [0, 0.1) is 0 Å². The third-order valence-corrected chi connectivity index (χ3v) is 2.65. The average Bonchev–Trinajstić information content (AvgIpc) is 2.53. The molecule has 0 saturated carbocycles. The molecule has 2 atom stereocenters. The van der Waals surface area contributed by atoms with Crippen molar-refractivity contribution in [1.82, 2.24) is 9.97 Å². The van der Waals surface area contributed by atoms with E-state index in [0.717, 1.165) is 18.5 Å². The molecule has 0 aliphatic rings. The number of aryl methyl sites for hydroxylation is 2. The summed E-state index contributed by atoms with van der Waals surface area (Å²) in [5.74, 6) is 0. The van der Waals surface area contributed by atoms with Crippen LogP contribution in [0.5, 0.6) is 0 Å². The van der Waals surface area contributed by atoms with Crippen LogP contribution in [0.4, 0.5) is 0 Å². The maximum absolute atomic E-state index is 9.20. The molecule has 0 aliphatic heterocycles. The molecule has 116 valence electrons. The number of aliphatic hydroxyl groups excluding tert-OH is 5. The van der Waals surface area contributed by atoms with Gasteiger partial charge in [-0.05, 0) is 25.7 Å². The van der Waals surface area contributed by atoms with E-state index < -0.39 is 12.2 Å². The molecule has 0 amide bonds. The summed E-state index contributed by atoms with van der Waals surface area (Å²) in [5.41, 5.74) is 1.52. The highest BCUT2D eigenvalue weighted by Gasteiger charge is 2.06. The number of nitrogens with zero attached hydrogens (tertiary/aromatic N) is 2. The lowest BCUT2D eigenvalue weighted by atomic mass is 10.1. The number of aromatic nitrogens is 2. The maximum Gasteiger partial charge on any atom is 0.0774 e. The van der Waals surface area contributed by atoms with Gasteiger partial charge >= 0.3 is 0 Å². The lowest BCUT2D eigenvalue weighted by Crippen LogP contribution is -2.14. The standard InChI is InChI=1S/C12H20N2O4.CH4O/c15-7-11(17)3-1-9-5-14-10(6-13-9)2-4-12(18)8-16;1-2/h5-6,11-12,15-18H,1-4,7-8H2;2H,1H3. The number of rotatable bonds is 8. The van der Waals surface area contributed by atoms with Gasteiger partial charge < -0.3 is 25.5 Å². The van der Waals surface area contributed by atoms with Crippen molar-refractivity contribution in [2.75, 3.05) is 20.3 Å². The average molecular weight is 288 g/mol. The summed E-state index contributed by atoms with van der Waals surface area (Å²) in [6.07, 6.45) is 3.86. The van der Waals surface area contributed by atoms with Gasteiger partial charge in [-0.25, -0.2) is 0 Å². The Labute approximate surface area is 118 Å². The molecular formula is C13H24N2O5. The van der Waals surface area contributed by atoms with E-state index in [-0.39, 0.29) is 13.2 Å². The Kier molecular flexibility index (Phi) is 11.0. The van der Waals surface area contributed by atoms with Gasteiger partial charge in [0.2, 0.25) is 0 Å². The molecule has 20 heavy (non-hydrogen) atoms. The predicted molar refractivity (Wildman–Crippen MR) is 73.0 cm³/mol. The molecule has 1 aromatic heterocycles. The Balaban J connectivity index is 0.00000172. The summed E-state index contributed by atoms with van der Waals surface area (Å²) in [4.78, 5) is 8.38. The van der Waals surface area contributed by atoms with Crippen molar-refractivity contribution in [1.29, 1.82) is 0 Å². The van der Waals surface area contributed by atoms with Crippen molar-refractivity contribution in [2.24, 2.45) is 0 Å². The van der Waals surface area contributed by atoms with Crippen LogP contribution in [0.2, 0.25) is 0 Å². The predicted octanol–water partition coefficient (Wildman–Crippen LogP) is -1.34. The molecule has 0 radical (unpaired) electrons. The first-order valence-corrected chi connectivity index (χ1v) is 6.48. The zero-order valence-electron chi connectivity index (χ0n) is 11.7. The van der Waals surface area contributed by atoms with E-state index in [2.05, 4.69) is 9.97 Å². The van der Waals surface area contributed by atoms with Crippen LogP contribution < -0.4 is 0 Å². The number of hydrogen-bond acceptors (Lipinski definition) is 7. The molecule has 1 rings (SSSR count). The molecular weight excluding hydrogens is 264 g/mol. The van der Waals surface area contributed by atoms with E-state index in [1.165, 1.54) is 0 Å². The molecule has 0 spiro atoms. The minimum atomic E-state index is -0.717. The van der Waals surface area contributed by atoms with Crippen molar-refractivity contribution in [3.63, 3.8) is 0 Å². The third-order valence-electron chi connectivity index (χ3n) is 2.65. The summed E-state index contributed by atoms with van der Waals surface area (Å²) in [6, 6.07) is 0. The van der Waals surface area contributed by atoms with Gasteiger partial charge in [0.1, 0.15) is 0 Å². The second-order valence-corrected chi connectivity index (χ2v) is 4.25. The molecule has 0 saturated heterocycles. The smallest absolute Gasteiger partial charge is 0.0774 e. The fourth-order valence-electron chi connectivity index (χ4n) is 1.45. The normalized spacial score (nSPS) is 13.3.